The third-order valence-electron chi connectivity index (χ3n) is 3.28. The van der Waals surface area contributed by atoms with Gasteiger partial charge in [0.25, 0.3) is 0 Å². The molecule has 0 spiro atoms. The molecule has 0 aliphatic carbocycles. The summed E-state index contributed by atoms with van der Waals surface area (Å²) in [6.45, 7) is 0.132. The highest BCUT2D eigenvalue weighted by molar-refractivity contribution is 5.89. The first kappa shape index (κ1) is 17.3. The lowest BCUT2D eigenvalue weighted by Gasteiger charge is -2.04. The van der Waals surface area contributed by atoms with E-state index in [2.05, 4.69) is 4.74 Å². The number of benzene rings is 2. The van der Waals surface area contributed by atoms with Gasteiger partial charge in [0.2, 0.25) is 0 Å². The second-order valence-electron chi connectivity index (χ2n) is 4.90. The molecule has 0 bridgehead atoms. The number of carbonyl (C=O) groups is 2. The number of rotatable bonds is 6. The molecule has 0 radical (unpaired) electrons. The normalized spacial score (nSPS) is 10.4. The largest absolute Gasteiger partial charge is 0.497 e. The summed E-state index contributed by atoms with van der Waals surface area (Å²) in [5.74, 6) is -0.0889. The van der Waals surface area contributed by atoms with Crippen molar-refractivity contribution < 1.29 is 23.8 Å². The van der Waals surface area contributed by atoms with Crippen LogP contribution < -0.4 is 4.74 Å². The number of methoxy groups -OCH3 is 2. The molecule has 0 saturated carbocycles. The monoisotopic (exact) mass is 326 g/mol. The third kappa shape index (κ3) is 4.98. The molecule has 0 atom stereocenters. The average Bonchev–Trinajstić information content (AvgIpc) is 2.64. The van der Waals surface area contributed by atoms with E-state index in [0.717, 1.165) is 16.9 Å². The van der Waals surface area contributed by atoms with Gasteiger partial charge in [-0.1, -0.05) is 24.3 Å². The Hall–Kier alpha value is -3.08. The molecule has 0 N–H and O–H groups in total. The molecule has 5 heteroatoms. The van der Waals surface area contributed by atoms with Crippen LogP contribution in [0.3, 0.4) is 0 Å². The fourth-order valence-electron chi connectivity index (χ4n) is 1.94. The van der Waals surface area contributed by atoms with Crippen LogP contribution in [0.2, 0.25) is 0 Å². The number of esters is 2. The molecule has 0 heterocycles. The molecule has 0 amide bonds. The van der Waals surface area contributed by atoms with Crippen LogP contribution in [0.15, 0.2) is 54.6 Å². The number of hydrogen-bond donors (Lipinski definition) is 0. The van der Waals surface area contributed by atoms with Gasteiger partial charge in [-0.05, 0) is 41.5 Å². The van der Waals surface area contributed by atoms with Gasteiger partial charge < -0.3 is 14.2 Å². The van der Waals surface area contributed by atoms with Gasteiger partial charge >= 0.3 is 11.9 Å². The first-order valence-corrected chi connectivity index (χ1v) is 7.28. The van der Waals surface area contributed by atoms with Crippen molar-refractivity contribution in [3.05, 3.63) is 71.3 Å². The van der Waals surface area contributed by atoms with Gasteiger partial charge in [0.05, 0.1) is 19.8 Å². The zero-order valence-corrected chi connectivity index (χ0v) is 13.5. The number of ether oxygens (including phenoxy) is 3. The molecule has 2 aromatic rings. The Morgan fingerprint density at radius 1 is 0.958 bits per heavy atom. The summed E-state index contributed by atoms with van der Waals surface area (Å²) in [5, 5.41) is 0. The Balaban J connectivity index is 1.86. The summed E-state index contributed by atoms with van der Waals surface area (Å²) in [7, 11) is 2.92. The maximum Gasteiger partial charge on any atom is 0.337 e. The van der Waals surface area contributed by atoms with Crippen molar-refractivity contribution in [2.24, 2.45) is 0 Å². The molecule has 2 aromatic carbocycles. The third-order valence-corrected chi connectivity index (χ3v) is 3.28. The standard InChI is InChI=1S/C19H18O5/c1-22-17-10-5-14(6-11-17)7-12-18(20)24-13-15-3-8-16(9-4-15)19(21)23-2/h3-12H,13H2,1-2H3/b12-7+. The summed E-state index contributed by atoms with van der Waals surface area (Å²) in [6, 6.07) is 14.0. The quantitative estimate of drug-likeness (QED) is 0.602. The van der Waals surface area contributed by atoms with E-state index < -0.39 is 11.9 Å². The molecular weight excluding hydrogens is 308 g/mol. The molecule has 0 fully saturated rings. The fraction of sp³-hybridized carbons (Fsp3) is 0.158. The smallest absolute Gasteiger partial charge is 0.337 e. The van der Waals surface area contributed by atoms with E-state index in [1.807, 2.05) is 24.3 Å². The lowest BCUT2D eigenvalue weighted by Crippen LogP contribution is -2.03. The minimum absolute atomic E-state index is 0.132. The van der Waals surface area contributed by atoms with E-state index in [0.29, 0.717) is 5.56 Å². The van der Waals surface area contributed by atoms with Crippen molar-refractivity contribution in [1.29, 1.82) is 0 Å². The highest BCUT2D eigenvalue weighted by atomic mass is 16.5. The van der Waals surface area contributed by atoms with E-state index in [1.165, 1.54) is 13.2 Å². The van der Waals surface area contributed by atoms with E-state index in [4.69, 9.17) is 9.47 Å². The van der Waals surface area contributed by atoms with E-state index >= 15 is 0 Å². The van der Waals surface area contributed by atoms with Crippen molar-refractivity contribution in [2.45, 2.75) is 6.61 Å². The van der Waals surface area contributed by atoms with Crippen molar-refractivity contribution in [1.82, 2.24) is 0 Å². The Morgan fingerprint density at radius 2 is 1.62 bits per heavy atom. The zero-order chi connectivity index (χ0) is 17.4. The van der Waals surface area contributed by atoms with Gasteiger partial charge in [0, 0.05) is 6.08 Å². The minimum Gasteiger partial charge on any atom is -0.497 e. The molecule has 5 nitrogen and oxygen atoms in total. The summed E-state index contributed by atoms with van der Waals surface area (Å²) < 4.78 is 14.8. The molecule has 24 heavy (non-hydrogen) atoms. The van der Waals surface area contributed by atoms with Crippen LogP contribution in [-0.4, -0.2) is 26.2 Å². The summed E-state index contributed by atoms with van der Waals surface area (Å²) in [6.07, 6.45) is 3.03. The first-order chi connectivity index (χ1) is 11.6. The van der Waals surface area contributed by atoms with E-state index in [-0.39, 0.29) is 6.61 Å². The Kier molecular flexibility index (Phi) is 6.14. The topological polar surface area (TPSA) is 61.8 Å². The molecule has 0 aliphatic heterocycles. The average molecular weight is 326 g/mol. The molecule has 124 valence electrons. The van der Waals surface area contributed by atoms with Gasteiger partial charge in [0.15, 0.2) is 0 Å². The molecule has 0 aromatic heterocycles. The van der Waals surface area contributed by atoms with Crippen LogP contribution in [0.4, 0.5) is 0 Å². The van der Waals surface area contributed by atoms with E-state index in [1.54, 1.807) is 37.5 Å². The molecular formula is C19H18O5. The number of hydrogen-bond acceptors (Lipinski definition) is 5. The van der Waals surface area contributed by atoms with Gasteiger partial charge in [-0.2, -0.15) is 0 Å². The maximum absolute atomic E-state index is 11.7. The molecule has 0 aliphatic rings. The Morgan fingerprint density at radius 3 is 2.21 bits per heavy atom. The number of carbonyl (C=O) groups excluding carboxylic acids is 2. The highest BCUT2D eigenvalue weighted by Gasteiger charge is 2.05. The van der Waals surface area contributed by atoms with Crippen molar-refractivity contribution in [3.63, 3.8) is 0 Å². The van der Waals surface area contributed by atoms with E-state index in [9.17, 15) is 9.59 Å². The maximum atomic E-state index is 11.7. The Labute approximate surface area is 140 Å². The van der Waals surface area contributed by atoms with Crippen molar-refractivity contribution in [3.8, 4) is 5.75 Å². The lowest BCUT2D eigenvalue weighted by molar-refractivity contribution is -0.138. The van der Waals surface area contributed by atoms with Crippen LogP contribution in [0.5, 0.6) is 5.75 Å². The van der Waals surface area contributed by atoms with Crippen molar-refractivity contribution in [2.75, 3.05) is 14.2 Å². The van der Waals surface area contributed by atoms with Crippen molar-refractivity contribution >= 4 is 18.0 Å². The summed E-state index contributed by atoms with van der Waals surface area (Å²) in [5.41, 5.74) is 2.11. The second-order valence-corrected chi connectivity index (χ2v) is 4.90. The minimum atomic E-state index is -0.442. The highest BCUT2D eigenvalue weighted by Crippen LogP contribution is 2.12. The SMILES string of the molecule is COC(=O)c1ccc(COC(=O)/C=C/c2ccc(OC)cc2)cc1. The van der Waals surface area contributed by atoms with Crippen LogP contribution in [0.1, 0.15) is 21.5 Å². The van der Waals surface area contributed by atoms with Crippen LogP contribution in [-0.2, 0) is 20.9 Å². The van der Waals surface area contributed by atoms with Gasteiger partial charge in [-0.25, -0.2) is 9.59 Å². The van der Waals surface area contributed by atoms with Gasteiger partial charge in [-0.3, -0.25) is 0 Å². The summed E-state index contributed by atoms with van der Waals surface area (Å²) in [4.78, 5) is 23.1. The van der Waals surface area contributed by atoms with Gasteiger partial charge in [0.1, 0.15) is 12.4 Å². The van der Waals surface area contributed by atoms with Crippen LogP contribution >= 0.6 is 0 Å². The Bertz CT molecular complexity index is 714. The molecule has 2 rings (SSSR count). The summed E-state index contributed by atoms with van der Waals surface area (Å²) >= 11 is 0. The lowest BCUT2D eigenvalue weighted by atomic mass is 10.1. The predicted molar refractivity (Wildman–Crippen MR) is 89.6 cm³/mol. The van der Waals surface area contributed by atoms with Crippen LogP contribution in [0.25, 0.3) is 6.08 Å². The second kappa shape index (κ2) is 8.53. The van der Waals surface area contributed by atoms with Gasteiger partial charge in [-0.15, -0.1) is 0 Å². The van der Waals surface area contributed by atoms with Crippen LogP contribution in [0, 0.1) is 0 Å². The first-order valence-electron chi connectivity index (χ1n) is 7.28. The molecule has 0 unspecified atom stereocenters. The predicted octanol–water partition coefficient (Wildman–Crippen LogP) is 3.24. The zero-order valence-electron chi connectivity index (χ0n) is 13.5. The fourth-order valence-corrected chi connectivity index (χ4v) is 1.94. The molecule has 0 saturated heterocycles.